The van der Waals surface area contributed by atoms with Crippen molar-refractivity contribution in [2.45, 2.75) is 12.6 Å². The van der Waals surface area contributed by atoms with Gasteiger partial charge >= 0.3 is 11.9 Å². The highest BCUT2D eigenvalue weighted by Crippen LogP contribution is 2.28. The standard InChI is InChI=1S/C14H14N2O5/c1-8(17)11(12(18)19)14(15,13(20)21)16-7-6-9-4-2-3-5-10(9)16/h2-7,11H,15H2,1H3,(H,18,19)(H,20,21). The summed E-state index contributed by atoms with van der Waals surface area (Å²) >= 11 is 0. The molecule has 0 aliphatic heterocycles. The van der Waals surface area contributed by atoms with Gasteiger partial charge in [-0.25, -0.2) is 4.79 Å². The molecule has 1 aromatic carbocycles. The molecule has 7 nitrogen and oxygen atoms in total. The van der Waals surface area contributed by atoms with Gasteiger partial charge in [-0.05, 0) is 24.4 Å². The van der Waals surface area contributed by atoms with Crippen LogP contribution in [0.2, 0.25) is 0 Å². The number of para-hydroxylation sites is 1. The van der Waals surface area contributed by atoms with Gasteiger partial charge in [0.15, 0.2) is 5.92 Å². The van der Waals surface area contributed by atoms with Crippen LogP contribution in [0.1, 0.15) is 6.92 Å². The molecule has 0 aliphatic carbocycles. The summed E-state index contributed by atoms with van der Waals surface area (Å²) in [6, 6.07) is 8.38. The van der Waals surface area contributed by atoms with E-state index >= 15 is 0 Å². The Balaban J connectivity index is 2.76. The normalized spacial score (nSPS) is 15.3. The number of carboxylic acids is 2. The monoisotopic (exact) mass is 290 g/mol. The number of carbonyl (C=O) groups is 3. The first-order valence-electron chi connectivity index (χ1n) is 6.12. The van der Waals surface area contributed by atoms with Crippen molar-refractivity contribution in [3.05, 3.63) is 36.5 Å². The van der Waals surface area contributed by atoms with Crippen LogP contribution in [0.25, 0.3) is 10.9 Å². The lowest BCUT2D eigenvalue weighted by Crippen LogP contribution is -2.60. The predicted molar refractivity (Wildman–Crippen MR) is 73.5 cm³/mol. The number of fused-ring (bicyclic) bond motifs is 1. The topological polar surface area (TPSA) is 123 Å². The zero-order valence-electron chi connectivity index (χ0n) is 11.2. The Labute approximate surface area is 119 Å². The Kier molecular flexibility index (Phi) is 3.52. The zero-order chi connectivity index (χ0) is 15.8. The van der Waals surface area contributed by atoms with Crippen LogP contribution in [0.5, 0.6) is 0 Å². The van der Waals surface area contributed by atoms with E-state index in [1.165, 1.54) is 6.20 Å². The van der Waals surface area contributed by atoms with Gasteiger partial charge in [0.25, 0.3) is 0 Å². The van der Waals surface area contributed by atoms with Crippen molar-refractivity contribution in [1.29, 1.82) is 0 Å². The van der Waals surface area contributed by atoms with Crippen LogP contribution in [-0.2, 0) is 20.0 Å². The Morgan fingerprint density at radius 3 is 2.33 bits per heavy atom. The van der Waals surface area contributed by atoms with Crippen molar-refractivity contribution in [3.63, 3.8) is 0 Å². The van der Waals surface area contributed by atoms with Crippen molar-refractivity contribution in [2.24, 2.45) is 11.7 Å². The van der Waals surface area contributed by atoms with E-state index in [4.69, 9.17) is 5.73 Å². The molecule has 0 fully saturated rings. The number of aliphatic carboxylic acids is 2. The summed E-state index contributed by atoms with van der Waals surface area (Å²) in [5.41, 5.74) is 3.92. The van der Waals surface area contributed by atoms with Crippen LogP contribution < -0.4 is 5.73 Å². The number of aromatic nitrogens is 1. The van der Waals surface area contributed by atoms with E-state index in [1.54, 1.807) is 30.3 Å². The maximum atomic E-state index is 11.7. The minimum atomic E-state index is -2.40. The molecule has 1 aromatic heterocycles. The minimum Gasteiger partial charge on any atom is -0.481 e. The number of hydrogen-bond acceptors (Lipinski definition) is 4. The molecule has 2 unspecified atom stereocenters. The SMILES string of the molecule is CC(=O)C(C(=O)O)C(N)(C(=O)O)n1ccc2ccccc21. The highest BCUT2D eigenvalue weighted by Gasteiger charge is 2.51. The van der Waals surface area contributed by atoms with E-state index in [0.717, 1.165) is 11.5 Å². The zero-order valence-corrected chi connectivity index (χ0v) is 11.2. The second-order valence-corrected chi connectivity index (χ2v) is 4.76. The second kappa shape index (κ2) is 5.02. The minimum absolute atomic E-state index is 0.440. The number of rotatable bonds is 5. The third kappa shape index (κ3) is 2.17. The molecule has 0 bridgehead atoms. The Morgan fingerprint density at radius 1 is 1.19 bits per heavy atom. The molecule has 4 N–H and O–H groups in total. The molecule has 110 valence electrons. The van der Waals surface area contributed by atoms with Gasteiger partial charge in [0.2, 0.25) is 5.66 Å². The fourth-order valence-corrected chi connectivity index (χ4v) is 2.44. The average molecular weight is 290 g/mol. The summed E-state index contributed by atoms with van der Waals surface area (Å²) in [6.45, 7) is 1.01. The average Bonchev–Trinajstić information content (AvgIpc) is 2.81. The summed E-state index contributed by atoms with van der Waals surface area (Å²) in [6.07, 6.45) is 1.37. The summed E-state index contributed by atoms with van der Waals surface area (Å²) in [5.74, 6) is -5.90. The summed E-state index contributed by atoms with van der Waals surface area (Å²) in [5, 5.41) is 19.4. The Morgan fingerprint density at radius 2 is 1.81 bits per heavy atom. The van der Waals surface area contributed by atoms with E-state index in [0.29, 0.717) is 10.9 Å². The maximum Gasteiger partial charge on any atom is 0.346 e. The highest BCUT2D eigenvalue weighted by molar-refractivity contribution is 6.03. The van der Waals surface area contributed by atoms with Crippen molar-refractivity contribution in [1.82, 2.24) is 4.57 Å². The molecule has 7 heteroatoms. The number of nitrogens with two attached hydrogens (primary N) is 1. The third-order valence-electron chi connectivity index (χ3n) is 3.43. The quantitative estimate of drug-likeness (QED) is 0.694. The number of benzene rings is 1. The summed E-state index contributed by atoms with van der Waals surface area (Å²) < 4.78 is 1.12. The smallest absolute Gasteiger partial charge is 0.346 e. The van der Waals surface area contributed by atoms with Crippen LogP contribution in [0.15, 0.2) is 36.5 Å². The number of Topliss-reactive ketones (excluding diaryl/α,β-unsaturated/α-hetero) is 1. The maximum absolute atomic E-state index is 11.7. The number of carboxylic acid groups (broad SMARTS) is 2. The number of nitrogens with zero attached hydrogens (tertiary/aromatic N) is 1. The third-order valence-corrected chi connectivity index (χ3v) is 3.43. The van der Waals surface area contributed by atoms with Crippen LogP contribution in [0.3, 0.4) is 0 Å². The van der Waals surface area contributed by atoms with Crippen molar-refractivity contribution >= 4 is 28.6 Å². The van der Waals surface area contributed by atoms with Gasteiger partial charge in [0.1, 0.15) is 5.78 Å². The number of ketones is 1. The first kappa shape index (κ1) is 14.7. The van der Waals surface area contributed by atoms with Gasteiger partial charge in [0, 0.05) is 6.20 Å². The summed E-state index contributed by atoms with van der Waals surface area (Å²) in [7, 11) is 0. The first-order chi connectivity index (χ1) is 9.80. The molecule has 2 atom stereocenters. The number of hydrogen-bond donors (Lipinski definition) is 3. The van der Waals surface area contributed by atoms with E-state index in [9.17, 15) is 24.6 Å². The van der Waals surface area contributed by atoms with Gasteiger partial charge in [-0.2, -0.15) is 0 Å². The van der Waals surface area contributed by atoms with Gasteiger partial charge in [-0.1, -0.05) is 18.2 Å². The number of carbonyl (C=O) groups excluding carboxylic acids is 1. The van der Waals surface area contributed by atoms with Gasteiger partial charge in [-0.15, -0.1) is 0 Å². The molecule has 21 heavy (non-hydrogen) atoms. The van der Waals surface area contributed by atoms with Gasteiger partial charge in [0.05, 0.1) is 5.52 Å². The molecular weight excluding hydrogens is 276 g/mol. The predicted octanol–water partition coefficient (Wildman–Crippen LogP) is 0.627. The largest absolute Gasteiger partial charge is 0.481 e. The van der Waals surface area contributed by atoms with Crippen molar-refractivity contribution < 1.29 is 24.6 Å². The molecule has 0 amide bonds. The van der Waals surface area contributed by atoms with Crippen molar-refractivity contribution in [2.75, 3.05) is 0 Å². The van der Waals surface area contributed by atoms with Gasteiger partial charge in [-0.3, -0.25) is 15.3 Å². The van der Waals surface area contributed by atoms with Crippen LogP contribution >= 0.6 is 0 Å². The first-order valence-corrected chi connectivity index (χ1v) is 6.12. The van der Waals surface area contributed by atoms with E-state index in [-0.39, 0.29) is 0 Å². The van der Waals surface area contributed by atoms with E-state index < -0.39 is 29.3 Å². The lowest BCUT2D eigenvalue weighted by Gasteiger charge is -2.31. The second-order valence-electron chi connectivity index (χ2n) is 4.76. The fraction of sp³-hybridized carbons (Fsp3) is 0.214. The van der Waals surface area contributed by atoms with E-state index in [1.807, 2.05) is 0 Å². The highest BCUT2D eigenvalue weighted by atomic mass is 16.4. The van der Waals surface area contributed by atoms with Crippen LogP contribution in [0, 0.1) is 5.92 Å². The molecule has 0 radical (unpaired) electrons. The van der Waals surface area contributed by atoms with Crippen LogP contribution in [-0.4, -0.2) is 32.5 Å². The van der Waals surface area contributed by atoms with E-state index in [2.05, 4.69) is 0 Å². The van der Waals surface area contributed by atoms with Crippen molar-refractivity contribution in [3.8, 4) is 0 Å². The lowest BCUT2D eigenvalue weighted by atomic mass is 9.89. The molecule has 0 saturated carbocycles. The fourth-order valence-electron chi connectivity index (χ4n) is 2.44. The molecule has 0 spiro atoms. The Hall–Kier alpha value is -2.67. The van der Waals surface area contributed by atoms with Crippen LogP contribution in [0.4, 0.5) is 0 Å². The lowest BCUT2D eigenvalue weighted by molar-refractivity contribution is -0.163. The summed E-state index contributed by atoms with van der Waals surface area (Å²) in [4.78, 5) is 34.6. The van der Waals surface area contributed by atoms with Gasteiger partial charge < -0.3 is 14.8 Å². The molecule has 1 heterocycles. The molecule has 2 rings (SSSR count). The molecule has 0 saturated heterocycles. The Bertz CT molecular complexity index is 722. The molecule has 0 aliphatic rings. The molecular formula is C14H14N2O5. The molecule has 2 aromatic rings.